The van der Waals surface area contributed by atoms with Crippen LogP contribution >= 0.6 is 0 Å². The number of aliphatic hydroxyl groups is 1. The van der Waals surface area contributed by atoms with Gasteiger partial charge in [0.15, 0.2) is 5.78 Å². The van der Waals surface area contributed by atoms with Crippen LogP contribution < -0.4 is 5.32 Å². The Hall–Kier alpha value is -2.54. The van der Waals surface area contributed by atoms with E-state index >= 15 is 0 Å². The minimum atomic E-state index is -0.540. The zero-order valence-corrected chi connectivity index (χ0v) is 10.9. The standard InChI is InChI=1S/C15H15NO3/c1-3-4-5-6-7-11(2)8-9-12(17)14-13(18)10-16-15(14)19/h3-4,7-9,17H,10H2,1-2H3,(H,16,19)/b4-3+,9-8+,11-7+,14-12-. The molecule has 0 unspecified atom stereocenters. The van der Waals surface area contributed by atoms with Crippen molar-refractivity contribution in [2.24, 2.45) is 0 Å². The summed E-state index contributed by atoms with van der Waals surface area (Å²) >= 11 is 0. The molecule has 0 aromatic heterocycles. The predicted molar refractivity (Wildman–Crippen MR) is 73.2 cm³/mol. The summed E-state index contributed by atoms with van der Waals surface area (Å²) in [5.74, 6) is 4.33. The zero-order chi connectivity index (χ0) is 14.3. The van der Waals surface area contributed by atoms with Gasteiger partial charge in [-0.25, -0.2) is 0 Å². The van der Waals surface area contributed by atoms with Gasteiger partial charge < -0.3 is 10.4 Å². The number of hydrogen-bond acceptors (Lipinski definition) is 3. The molecule has 19 heavy (non-hydrogen) atoms. The molecule has 0 aliphatic carbocycles. The second-order valence-electron chi connectivity index (χ2n) is 3.88. The lowest BCUT2D eigenvalue weighted by molar-refractivity contribution is -0.117. The Morgan fingerprint density at radius 1 is 1.32 bits per heavy atom. The van der Waals surface area contributed by atoms with Crippen molar-refractivity contribution in [2.45, 2.75) is 13.8 Å². The molecule has 0 bridgehead atoms. The van der Waals surface area contributed by atoms with Crippen molar-refractivity contribution >= 4 is 11.7 Å². The highest BCUT2D eigenvalue weighted by Crippen LogP contribution is 2.10. The smallest absolute Gasteiger partial charge is 0.259 e. The van der Waals surface area contributed by atoms with Gasteiger partial charge in [-0.15, -0.1) is 0 Å². The topological polar surface area (TPSA) is 66.4 Å². The molecule has 4 nitrogen and oxygen atoms in total. The molecule has 1 heterocycles. The van der Waals surface area contributed by atoms with E-state index in [9.17, 15) is 14.7 Å². The van der Waals surface area contributed by atoms with Crippen LogP contribution in [0.25, 0.3) is 0 Å². The van der Waals surface area contributed by atoms with Crippen molar-refractivity contribution in [1.29, 1.82) is 0 Å². The van der Waals surface area contributed by atoms with E-state index in [-0.39, 0.29) is 17.9 Å². The van der Waals surface area contributed by atoms with Crippen molar-refractivity contribution in [3.63, 3.8) is 0 Å². The van der Waals surface area contributed by atoms with Crippen LogP contribution in [0.15, 0.2) is 47.3 Å². The normalized spacial score (nSPS) is 18.7. The lowest BCUT2D eigenvalue weighted by Gasteiger charge is -1.95. The second kappa shape index (κ2) is 7.02. The largest absolute Gasteiger partial charge is 0.507 e. The number of ketones is 1. The van der Waals surface area contributed by atoms with E-state index in [1.807, 2.05) is 13.0 Å². The van der Waals surface area contributed by atoms with E-state index in [0.29, 0.717) is 0 Å². The van der Waals surface area contributed by atoms with Gasteiger partial charge >= 0.3 is 0 Å². The van der Waals surface area contributed by atoms with Crippen LogP contribution in [0.1, 0.15) is 13.8 Å². The van der Waals surface area contributed by atoms with Gasteiger partial charge in [-0.1, -0.05) is 24.0 Å². The summed E-state index contributed by atoms with van der Waals surface area (Å²) in [6.07, 6.45) is 8.12. The van der Waals surface area contributed by atoms with Gasteiger partial charge in [0.1, 0.15) is 11.3 Å². The quantitative estimate of drug-likeness (QED) is 0.259. The number of rotatable bonds is 2. The molecular weight excluding hydrogens is 242 g/mol. The summed E-state index contributed by atoms with van der Waals surface area (Å²) in [6, 6.07) is 0. The predicted octanol–water partition coefficient (Wildman–Crippen LogP) is 1.58. The maximum absolute atomic E-state index is 11.3. The monoisotopic (exact) mass is 257 g/mol. The number of Topliss-reactive ketones (excluding diaryl/α,β-unsaturated/α-hetero) is 1. The average Bonchev–Trinajstić information content (AvgIpc) is 2.71. The zero-order valence-electron chi connectivity index (χ0n) is 10.9. The van der Waals surface area contributed by atoms with Gasteiger partial charge in [-0.3, -0.25) is 9.59 Å². The summed E-state index contributed by atoms with van der Waals surface area (Å²) in [5, 5.41) is 12.0. The number of amides is 1. The average molecular weight is 257 g/mol. The van der Waals surface area contributed by atoms with Crippen molar-refractivity contribution in [2.75, 3.05) is 6.54 Å². The van der Waals surface area contributed by atoms with Crippen LogP contribution in [0.5, 0.6) is 0 Å². The number of carbonyl (C=O) groups excluding carboxylic acids is 2. The number of aliphatic hydroxyl groups excluding tert-OH is 1. The number of carbonyl (C=O) groups is 2. The third-order valence-corrected chi connectivity index (χ3v) is 2.31. The van der Waals surface area contributed by atoms with Crippen LogP contribution in [0.3, 0.4) is 0 Å². The van der Waals surface area contributed by atoms with Gasteiger partial charge in [0.25, 0.3) is 5.91 Å². The summed E-state index contributed by atoms with van der Waals surface area (Å²) in [5.41, 5.74) is 0.610. The molecule has 98 valence electrons. The minimum Gasteiger partial charge on any atom is -0.507 e. The minimum absolute atomic E-state index is 0.0598. The molecule has 1 amide bonds. The van der Waals surface area contributed by atoms with Crippen LogP contribution in [0.4, 0.5) is 0 Å². The summed E-state index contributed by atoms with van der Waals surface area (Å²) in [6.45, 7) is 3.62. The number of hydrogen-bond donors (Lipinski definition) is 2. The molecule has 1 saturated heterocycles. The van der Waals surface area contributed by atoms with Crippen LogP contribution in [0, 0.1) is 11.8 Å². The van der Waals surface area contributed by atoms with Crippen molar-refractivity contribution in [1.82, 2.24) is 5.32 Å². The first-order chi connectivity index (χ1) is 9.06. The van der Waals surface area contributed by atoms with Crippen molar-refractivity contribution in [3.8, 4) is 11.8 Å². The van der Waals surface area contributed by atoms with Gasteiger partial charge in [-0.2, -0.15) is 0 Å². The molecule has 4 heteroatoms. The third kappa shape index (κ3) is 4.32. The lowest BCUT2D eigenvalue weighted by atomic mass is 10.1. The van der Waals surface area contributed by atoms with Crippen LogP contribution in [-0.4, -0.2) is 23.3 Å². The molecule has 1 fully saturated rings. The SMILES string of the molecule is C/C=C/C#C/C=C(C)/C=C/C(O)=C1\C(=O)CNC1=O. The van der Waals surface area contributed by atoms with Gasteiger partial charge in [0, 0.05) is 0 Å². The fraction of sp³-hybridized carbons (Fsp3) is 0.200. The van der Waals surface area contributed by atoms with Crippen LogP contribution in [0.2, 0.25) is 0 Å². The van der Waals surface area contributed by atoms with Crippen molar-refractivity contribution < 1.29 is 14.7 Å². The Morgan fingerprint density at radius 3 is 2.63 bits per heavy atom. The highest BCUT2D eigenvalue weighted by molar-refractivity contribution is 6.25. The molecule has 0 atom stereocenters. The van der Waals surface area contributed by atoms with E-state index < -0.39 is 11.7 Å². The fourth-order valence-corrected chi connectivity index (χ4v) is 1.35. The Bertz CT molecular complexity index is 548. The molecule has 0 aromatic rings. The lowest BCUT2D eigenvalue weighted by Crippen LogP contribution is -2.14. The summed E-state index contributed by atoms with van der Waals surface area (Å²) in [4.78, 5) is 22.6. The first-order valence-electron chi connectivity index (χ1n) is 5.78. The molecular formula is C15H15NO3. The van der Waals surface area contributed by atoms with Gasteiger partial charge in [-0.05, 0) is 37.6 Å². The van der Waals surface area contributed by atoms with Crippen LogP contribution in [-0.2, 0) is 9.59 Å². The summed E-state index contributed by atoms with van der Waals surface area (Å²) in [7, 11) is 0. The highest BCUT2D eigenvalue weighted by atomic mass is 16.3. The van der Waals surface area contributed by atoms with E-state index in [1.165, 1.54) is 6.08 Å². The Labute approximate surface area is 112 Å². The highest BCUT2D eigenvalue weighted by Gasteiger charge is 2.28. The third-order valence-electron chi connectivity index (χ3n) is 2.31. The summed E-state index contributed by atoms with van der Waals surface area (Å²) < 4.78 is 0. The molecule has 0 spiro atoms. The number of allylic oxidation sites excluding steroid dienone is 6. The van der Waals surface area contributed by atoms with E-state index in [1.54, 1.807) is 25.2 Å². The second-order valence-corrected chi connectivity index (χ2v) is 3.88. The molecule has 0 saturated carbocycles. The van der Waals surface area contributed by atoms with Gasteiger partial charge in [0.05, 0.1) is 6.54 Å². The molecule has 1 rings (SSSR count). The van der Waals surface area contributed by atoms with E-state index in [0.717, 1.165) is 5.57 Å². The number of nitrogens with one attached hydrogen (secondary N) is 1. The van der Waals surface area contributed by atoms with Crippen molar-refractivity contribution in [3.05, 3.63) is 47.3 Å². The Balaban J connectivity index is 2.82. The molecule has 2 N–H and O–H groups in total. The molecule has 1 aliphatic heterocycles. The van der Waals surface area contributed by atoms with E-state index in [2.05, 4.69) is 17.2 Å². The fourth-order valence-electron chi connectivity index (χ4n) is 1.35. The molecule has 0 radical (unpaired) electrons. The Morgan fingerprint density at radius 2 is 2.05 bits per heavy atom. The van der Waals surface area contributed by atoms with E-state index in [4.69, 9.17) is 0 Å². The molecule has 1 aliphatic rings. The maximum Gasteiger partial charge on any atom is 0.259 e. The molecule has 0 aromatic carbocycles. The van der Waals surface area contributed by atoms with Gasteiger partial charge in [0.2, 0.25) is 0 Å². The Kier molecular flexibility index (Phi) is 5.36. The first kappa shape index (κ1) is 14.5. The first-order valence-corrected chi connectivity index (χ1v) is 5.78. The maximum atomic E-state index is 11.3.